The molecule has 0 aromatic rings. The molecule has 0 saturated carbocycles. The van der Waals surface area contributed by atoms with Crippen LogP contribution in [-0.2, 0) is 14.6 Å². The Balaban J connectivity index is 3.54. The molecule has 1 radical (unpaired) electrons. The van der Waals surface area contributed by atoms with Gasteiger partial charge in [-0.3, -0.25) is 4.79 Å². The minimum absolute atomic E-state index is 0.110. The second kappa shape index (κ2) is 6.12. The van der Waals surface area contributed by atoms with Crippen molar-refractivity contribution in [3.05, 3.63) is 0 Å². The molecule has 0 aromatic heterocycles. The number of nitrogens with two attached hydrogens (primary N) is 1. The molecule has 0 aliphatic carbocycles. The van der Waals surface area contributed by atoms with E-state index in [4.69, 9.17) is 10.5 Å². The standard InChI is InChI=1S/C7H14NO3/c1-2-3-7(10)11-6(4-8)5-9/h6H,2-5,8H2,1H3. The molecule has 4 heteroatoms. The van der Waals surface area contributed by atoms with Crippen molar-refractivity contribution in [3.8, 4) is 0 Å². The molecule has 0 heterocycles. The maximum atomic E-state index is 10.8. The number of rotatable bonds is 5. The van der Waals surface area contributed by atoms with Gasteiger partial charge in [-0.2, -0.15) is 0 Å². The number of carbonyl (C=O) groups excluding carboxylic acids is 1. The van der Waals surface area contributed by atoms with Gasteiger partial charge in [0, 0.05) is 13.0 Å². The summed E-state index contributed by atoms with van der Waals surface area (Å²) in [6.45, 7) is 1.53. The lowest BCUT2D eigenvalue weighted by molar-refractivity contribution is -0.151. The summed E-state index contributed by atoms with van der Waals surface area (Å²) >= 11 is 0. The summed E-state index contributed by atoms with van der Waals surface area (Å²) in [4.78, 5) is 10.8. The van der Waals surface area contributed by atoms with E-state index in [1.165, 1.54) is 0 Å². The largest absolute Gasteiger partial charge is 0.458 e. The van der Waals surface area contributed by atoms with Crippen LogP contribution in [0.2, 0.25) is 0 Å². The first-order valence-electron chi connectivity index (χ1n) is 3.72. The fraction of sp³-hybridized carbons (Fsp3) is 0.857. The summed E-state index contributed by atoms with van der Waals surface area (Å²) in [6, 6.07) is 0. The molecule has 0 spiro atoms. The van der Waals surface area contributed by atoms with E-state index < -0.39 is 12.7 Å². The Kier molecular flexibility index (Phi) is 5.78. The summed E-state index contributed by atoms with van der Waals surface area (Å²) in [5, 5.41) is 10.2. The second-order valence-electron chi connectivity index (χ2n) is 2.26. The minimum atomic E-state index is -0.644. The minimum Gasteiger partial charge on any atom is -0.458 e. The Hall–Kier alpha value is -0.610. The zero-order chi connectivity index (χ0) is 8.69. The molecular weight excluding hydrogens is 146 g/mol. The van der Waals surface area contributed by atoms with E-state index in [9.17, 15) is 9.90 Å². The fourth-order valence-electron chi connectivity index (χ4n) is 0.599. The summed E-state index contributed by atoms with van der Waals surface area (Å²) in [7, 11) is 0. The van der Waals surface area contributed by atoms with E-state index in [2.05, 4.69) is 0 Å². The predicted octanol–water partition coefficient (Wildman–Crippen LogP) is 0.0875. The molecule has 0 fully saturated rings. The smallest absolute Gasteiger partial charge is 0.306 e. The summed E-state index contributed by atoms with van der Waals surface area (Å²) in [5.74, 6) is -0.334. The average molecular weight is 160 g/mol. The molecule has 1 atom stereocenters. The molecule has 0 aliphatic heterocycles. The van der Waals surface area contributed by atoms with E-state index in [1.54, 1.807) is 0 Å². The monoisotopic (exact) mass is 160 g/mol. The van der Waals surface area contributed by atoms with E-state index >= 15 is 0 Å². The lowest BCUT2D eigenvalue weighted by atomic mass is 10.3. The Labute approximate surface area is 66.3 Å². The normalized spacial score (nSPS) is 12.6. The number of carbonyl (C=O) groups is 1. The van der Waals surface area contributed by atoms with Gasteiger partial charge in [0.2, 0.25) is 0 Å². The molecular formula is C7H14NO3. The number of esters is 1. The summed E-state index contributed by atoms with van der Waals surface area (Å²) in [6.07, 6.45) is 0.444. The third kappa shape index (κ3) is 4.75. The van der Waals surface area contributed by atoms with E-state index in [0.29, 0.717) is 6.42 Å². The van der Waals surface area contributed by atoms with Crippen LogP contribution in [0.3, 0.4) is 0 Å². The van der Waals surface area contributed by atoms with Gasteiger partial charge in [-0.05, 0) is 6.42 Å². The number of ether oxygens (including phenoxy) is 1. The summed E-state index contributed by atoms with van der Waals surface area (Å²) < 4.78 is 4.71. The van der Waals surface area contributed by atoms with Crippen LogP contribution in [0.4, 0.5) is 0 Å². The SMILES string of the molecule is CCCC(=O)OC(CN)C[O]. The van der Waals surface area contributed by atoms with Crippen LogP contribution in [0.15, 0.2) is 0 Å². The lowest BCUT2D eigenvalue weighted by Crippen LogP contribution is -2.29. The highest BCUT2D eigenvalue weighted by molar-refractivity contribution is 5.69. The first-order chi connectivity index (χ1) is 5.24. The zero-order valence-electron chi connectivity index (χ0n) is 6.71. The third-order valence-corrected chi connectivity index (χ3v) is 1.20. The van der Waals surface area contributed by atoms with Gasteiger partial charge in [0.1, 0.15) is 12.7 Å². The molecule has 11 heavy (non-hydrogen) atoms. The van der Waals surface area contributed by atoms with Gasteiger partial charge < -0.3 is 10.5 Å². The fourth-order valence-corrected chi connectivity index (χ4v) is 0.599. The first kappa shape index (κ1) is 10.4. The van der Waals surface area contributed by atoms with E-state index in [0.717, 1.165) is 6.42 Å². The van der Waals surface area contributed by atoms with Gasteiger partial charge in [0.05, 0.1) is 0 Å². The van der Waals surface area contributed by atoms with Crippen LogP contribution in [0.5, 0.6) is 0 Å². The molecule has 4 nitrogen and oxygen atoms in total. The van der Waals surface area contributed by atoms with Crippen LogP contribution in [0.25, 0.3) is 0 Å². The highest BCUT2D eigenvalue weighted by Gasteiger charge is 2.10. The Morgan fingerprint density at radius 2 is 2.27 bits per heavy atom. The van der Waals surface area contributed by atoms with Crippen molar-refractivity contribution in [2.45, 2.75) is 25.9 Å². The van der Waals surface area contributed by atoms with Crippen molar-refractivity contribution >= 4 is 5.97 Å². The average Bonchev–Trinajstić information content (AvgIpc) is 2.01. The van der Waals surface area contributed by atoms with Gasteiger partial charge in [-0.15, -0.1) is 0 Å². The summed E-state index contributed by atoms with van der Waals surface area (Å²) in [5.41, 5.74) is 5.15. The zero-order valence-corrected chi connectivity index (χ0v) is 6.71. The van der Waals surface area contributed by atoms with Crippen molar-refractivity contribution in [3.63, 3.8) is 0 Å². The van der Waals surface area contributed by atoms with Crippen molar-refractivity contribution in [1.29, 1.82) is 0 Å². The molecule has 0 rings (SSSR count). The van der Waals surface area contributed by atoms with Crippen molar-refractivity contribution in [1.82, 2.24) is 0 Å². The van der Waals surface area contributed by atoms with Crippen molar-refractivity contribution in [2.75, 3.05) is 13.2 Å². The lowest BCUT2D eigenvalue weighted by Gasteiger charge is -2.11. The van der Waals surface area contributed by atoms with Gasteiger partial charge in [-0.1, -0.05) is 6.92 Å². The van der Waals surface area contributed by atoms with Crippen LogP contribution >= 0.6 is 0 Å². The van der Waals surface area contributed by atoms with Crippen LogP contribution in [-0.4, -0.2) is 25.2 Å². The molecule has 0 amide bonds. The van der Waals surface area contributed by atoms with Crippen LogP contribution in [0, 0.1) is 0 Å². The topological polar surface area (TPSA) is 72.2 Å². The van der Waals surface area contributed by atoms with Crippen LogP contribution in [0.1, 0.15) is 19.8 Å². The van der Waals surface area contributed by atoms with Gasteiger partial charge in [-0.25, -0.2) is 5.11 Å². The van der Waals surface area contributed by atoms with Crippen molar-refractivity contribution < 1.29 is 14.6 Å². The van der Waals surface area contributed by atoms with Gasteiger partial charge in [0.25, 0.3) is 0 Å². The number of hydrogen-bond acceptors (Lipinski definition) is 3. The van der Waals surface area contributed by atoms with E-state index in [-0.39, 0.29) is 12.5 Å². The third-order valence-electron chi connectivity index (χ3n) is 1.20. The molecule has 0 aliphatic rings. The number of hydrogen-bond donors (Lipinski definition) is 1. The van der Waals surface area contributed by atoms with Crippen LogP contribution < -0.4 is 5.73 Å². The molecule has 0 bridgehead atoms. The molecule has 65 valence electrons. The Morgan fingerprint density at radius 3 is 2.64 bits per heavy atom. The molecule has 1 unspecified atom stereocenters. The predicted molar refractivity (Wildman–Crippen MR) is 39.4 cm³/mol. The molecule has 2 N–H and O–H groups in total. The molecule has 0 aromatic carbocycles. The second-order valence-corrected chi connectivity index (χ2v) is 2.26. The highest BCUT2D eigenvalue weighted by Crippen LogP contribution is 1.95. The van der Waals surface area contributed by atoms with Gasteiger partial charge >= 0.3 is 5.97 Å². The maximum absolute atomic E-state index is 10.8. The molecule has 0 saturated heterocycles. The maximum Gasteiger partial charge on any atom is 0.306 e. The first-order valence-corrected chi connectivity index (χ1v) is 3.72. The van der Waals surface area contributed by atoms with Gasteiger partial charge in [0.15, 0.2) is 0 Å². The Morgan fingerprint density at radius 1 is 1.64 bits per heavy atom. The highest BCUT2D eigenvalue weighted by atomic mass is 16.6. The van der Waals surface area contributed by atoms with E-state index in [1.807, 2.05) is 6.92 Å². The quantitative estimate of drug-likeness (QED) is 0.579. The van der Waals surface area contributed by atoms with Crippen molar-refractivity contribution in [2.24, 2.45) is 5.73 Å². The Bertz CT molecular complexity index is 112.